The summed E-state index contributed by atoms with van der Waals surface area (Å²) in [5, 5.41) is 3.77. The van der Waals surface area contributed by atoms with Crippen molar-refractivity contribution in [3.63, 3.8) is 0 Å². The van der Waals surface area contributed by atoms with E-state index in [1.54, 1.807) is 5.19 Å². The Balaban J connectivity index is 2.24. The Kier molecular flexibility index (Phi) is 3.85. The first-order valence-electron chi connectivity index (χ1n) is 6.23. The van der Waals surface area contributed by atoms with Gasteiger partial charge in [-0.2, -0.15) is 0 Å². The smallest absolute Gasteiger partial charge is 0.0857 e. The van der Waals surface area contributed by atoms with Crippen LogP contribution >= 0.6 is 11.3 Å². The van der Waals surface area contributed by atoms with Crippen molar-refractivity contribution in [3.8, 4) is 0 Å². The standard InChI is InChI=1S/C15H20SSi/c1-4-13-7-5-9-15(11-13)17(2,3)12-14-8-6-10-16-14/h5-11H,4,12H2,1-3H3. The van der Waals surface area contributed by atoms with Crippen LogP contribution in [0.4, 0.5) is 0 Å². The van der Waals surface area contributed by atoms with E-state index in [1.807, 2.05) is 11.3 Å². The first-order chi connectivity index (χ1) is 8.12. The Hall–Kier alpha value is -0.863. The van der Waals surface area contributed by atoms with Gasteiger partial charge in [0.05, 0.1) is 8.07 Å². The van der Waals surface area contributed by atoms with Crippen molar-refractivity contribution >= 4 is 24.6 Å². The molecule has 0 fully saturated rings. The summed E-state index contributed by atoms with van der Waals surface area (Å²) in [6, 6.07) is 14.9. The first-order valence-corrected chi connectivity index (χ1v) is 10.3. The first kappa shape index (κ1) is 12.6. The molecule has 1 aromatic heterocycles. The number of aryl methyl sites for hydroxylation is 1. The van der Waals surface area contributed by atoms with Gasteiger partial charge in [-0.1, -0.05) is 55.5 Å². The van der Waals surface area contributed by atoms with Gasteiger partial charge < -0.3 is 0 Å². The fourth-order valence-electron chi connectivity index (χ4n) is 2.16. The van der Waals surface area contributed by atoms with Crippen LogP contribution in [0, 0.1) is 0 Å². The highest BCUT2D eigenvalue weighted by Crippen LogP contribution is 2.17. The Morgan fingerprint density at radius 1 is 1.12 bits per heavy atom. The molecule has 90 valence electrons. The van der Waals surface area contributed by atoms with Crippen LogP contribution in [-0.2, 0) is 12.5 Å². The lowest BCUT2D eigenvalue weighted by molar-refractivity contribution is 1.14. The van der Waals surface area contributed by atoms with E-state index in [4.69, 9.17) is 0 Å². The molecule has 0 unspecified atom stereocenters. The van der Waals surface area contributed by atoms with Gasteiger partial charge in [-0.25, -0.2) is 0 Å². The quantitative estimate of drug-likeness (QED) is 0.729. The van der Waals surface area contributed by atoms with Gasteiger partial charge in [0.2, 0.25) is 0 Å². The molecule has 2 rings (SSSR count). The van der Waals surface area contributed by atoms with Gasteiger partial charge in [-0.3, -0.25) is 0 Å². The number of hydrogen-bond acceptors (Lipinski definition) is 1. The van der Waals surface area contributed by atoms with Gasteiger partial charge in [-0.05, 0) is 29.5 Å². The topological polar surface area (TPSA) is 0 Å². The molecule has 0 atom stereocenters. The highest BCUT2D eigenvalue weighted by Gasteiger charge is 2.24. The molecule has 2 aromatic rings. The van der Waals surface area contributed by atoms with Crippen molar-refractivity contribution in [3.05, 3.63) is 52.2 Å². The number of thiophene rings is 1. The van der Waals surface area contributed by atoms with Gasteiger partial charge in [0.25, 0.3) is 0 Å². The molecule has 0 radical (unpaired) electrons. The lowest BCUT2D eigenvalue weighted by Crippen LogP contribution is -2.43. The predicted molar refractivity (Wildman–Crippen MR) is 81.0 cm³/mol. The molecular formula is C15H20SSi. The zero-order chi connectivity index (χ0) is 12.3. The summed E-state index contributed by atoms with van der Waals surface area (Å²) in [5.74, 6) is 0. The molecule has 2 heteroatoms. The van der Waals surface area contributed by atoms with E-state index in [1.165, 1.54) is 16.5 Å². The molecule has 0 saturated heterocycles. The Morgan fingerprint density at radius 2 is 1.94 bits per heavy atom. The maximum absolute atomic E-state index is 2.47. The zero-order valence-electron chi connectivity index (χ0n) is 10.9. The average Bonchev–Trinajstić information content (AvgIpc) is 2.81. The maximum Gasteiger partial charge on any atom is 0.0857 e. The third-order valence-electron chi connectivity index (χ3n) is 3.31. The van der Waals surface area contributed by atoms with Crippen molar-refractivity contribution in [2.24, 2.45) is 0 Å². The minimum absolute atomic E-state index is 1.14. The largest absolute Gasteiger partial charge is 0.149 e. The molecule has 1 heterocycles. The predicted octanol–water partition coefficient (Wildman–Crippen LogP) is 4.01. The average molecular weight is 260 g/mol. The molecule has 0 aliphatic carbocycles. The second kappa shape index (κ2) is 5.19. The van der Waals surface area contributed by atoms with E-state index in [0.29, 0.717) is 0 Å². The van der Waals surface area contributed by atoms with Gasteiger partial charge in [0.15, 0.2) is 0 Å². The van der Waals surface area contributed by atoms with Crippen LogP contribution in [0.3, 0.4) is 0 Å². The number of rotatable bonds is 4. The van der Waals surface area contributed by atoms with Crippen molar-refractivity contribution in [1.29, 1.82) is 0 Å². The fourth-order valence-corrected chi connectivity index (χ4v) is 6.38. The second-order valence-corrected chi connectivity index (χ2v) is 10.9. The number of benzene rings is 1. The Bertz CT molecular complexity index is 471. The van der Waals surface area contributed by atoms with Crippen LogP contribution in [0.15, 0.2) is 41.8 Å². The summed E-state index contributed by atoms with van der Waals surface area (Å²) in [5.41, 5.74) is 1.47. The molecule has 0 aliphatic rings. The van der Waals surface area contributed by atoms with Crippen molar-refractivity contribution in [1.82, 2.24) is 0 Å². The van der Waals surface area contributed by atoms with Gasteiger partial charge in [0, 0.05) is 4.88 Å². The highest BCUT2D eigenvalue weighted by atomic mass is 32.1. The normalized spacial score (nSPS) is 11.7. The Labute approximate surface area is 109 Å². The summed E-state index contributed by atoms with van der Waals surface area (Å²) >= 11 is 1.89. The molecule has 0 spiro atoms. The van der Waals surface area contributed by atoms with E-state index >= 15 is 0 Å². The molecule has 17 heavy (non-hydrogen) atoms. The van der Waals surface area contributed by atoms with Crippen LogP contribution in [0.1, 0.15) is 17.4 Å². The number of hydrogen-bond donors (Lipinski definition) is 0. The van der Waals surface area contributed by atoms with E-state index in [-0.39, 0.29) is 0 Å². The van der Waals surface area contributed by atoms with Crippen LogP contribution < -0.4 is 5.19 Å². The molecule has 0 N–H and O–H groups in total. The molecule has 0 nitrogen and oxygen atoms in total. The summed E-state index contributed by atoms with van der Waals surface area (Å²) in [6.07, 6.45) is 1.14. The van der Waals surface area contributed by atoms with Crippen LogP contribution in [-0.4, -0.2) is 8.07 Å². The van der Waals surface area contributed by atoms with E-state index in [2.05, 4.69) is 61.8 Å². The third kappa shape index (κ3) is 3.08. The van der Waals surface area contributed by atoms with Crippen LogP contribution in [0.5, 0.6) is 0 Å². The molecule has 0 bridgehead atoms. The van der Waals surface area contributed by atoms with E-state index in [9.17, 15) is 0 Å². The van der Waals surface area contributed by atoms with Crippen molar-refractivity contribution in [2.75, 3.05) is 0 Å². The Morgan fingerprint density at radius 3 is 2.59 bits per heavy atom. The van der Waals surface area contributed by atoms with Crippen LogP contribution in [0.25, 0.3) is 0 Å². The highest BCUT2D eigenvalue weighted by molar-refractivity contribution is 7.10. The maximum atomic E-state index is 2.47. The molecule has 0 amide bonds. The molecule has 1 aromatic carbocycles. The summed E-state index contributed by atoms with van der Waals surface area (Å²) in [6.45, 7) is 7.18. The van der Waals surface area contributed by atoms with Gasteiger partial charge >= 0.3 is 0 Å². The monoisotopic (exact) mass is 260 g/mol. The summed E-state index contributed by atoms with van der Waals surface area (Å²) in [4.78, 5) is 1.53. The van der Waals surface area contributed by atoms with Crippen molar-refractivity contribution < 1.29 is 0 Å². The third-order valence-corrected chi connectivity index (χ3v) is 7.58. The summed E-state index contributed by atoms with van der Waals surface area (Å²) in [7, 11) is -1.32. The van der Waals surface area contributed by atoms with E-state index < -0.39 is 8.07 Å². The van der Waals surface area contributed by atoms with Gasteiger partial charge in [0.1, 0.15) is 0 Å². The molecular weight excluding hydrogens is 240 g/mol. The lowest BCUT2D eigenvalue weighted by Gasteiger charge is -2.23. The minimum Gasteiger partial charge on any atom is -0.149 e. The minimum atomic E-state index is -1.32. The summed E-state index contributed by atoms with van der Waals surface area (Å²) < 4.78 is 0. The van der Waals surface area contributed by atoms with Crippen LogP contribution in [0.2, 0.25) is 13.1 Å². The zero-order valence-corrected chi connectivity index (χ0v) is 12.7. The lowest BCUT2D eigenvalue weighted by atomic mass is 10.2. The fraction of sp³-hybridized carbons (Fsp3) is 0.333. The molecule has 0 aliphatic heterocycles. The molecule has 0 saturated carbocycles. The van der Waals surface area contributed by atoms with Crippen molar-refractivity contribution in [2.45, 2.75) is 32.5 Å². The van der Waals surface area contributed by atoms with E-state index in [0.717, 1.165) is 6.42 Å². The van der Waals surface area contributed by atoms with Gasteiger partial charge in [-0.15, -0.1) is 11.3 Å². The second-order valence-electron chi connectivity index (χ2n) is 5.19. The SMILES string of the molecule is CCc1cccc([Si](C)(C)Cc2cccs2)c1.